The highest BCUT2D eigenvalue weighted by molar-refractivity contribution is 5.09. The van der Waals surface area contributed by atoms with Crippen LogP contribution >= 0.6 is 0 Å². The summed E-state index contributed by atoms with van der Waals surface area (Å²) >= 11 is 0. The van der Waals surface area contributed by atoms with E-state index < -0.39 is 0 Å². The number of ether oxygens (including phenoxy) is 1. The minimum absolute atomic E-state index is 0.0329. The van der Waals surface area contributed by atoms with Gasteiger partial charge in [-0.3, -0.25) is 0 Å². The van der Waals surface area contributed by atoms with Crippen LogP contribution in [0.4, 0.5) is 0 Å². The lowest BCUT2D eigenvalue weighted by Crippen LogP contribution is -2.57. The molecule has 7 atom stereocenters. The minimum atomic E-state index is -0.0329. The molecule has 0 aromatic rings. The summed E-state index contributed by atoms with van der Waals surface area (Å²) in [5, 5.41) is 10.1. The Hall–Kier alpha value is -0.500. The summed E-state index contributed by atoms with van der Waals surface area (Å²) in [6, 6.07) is 0. The Morgan fingerprint density at radius 1 is 1.05 bits per heavy atom. The summed E-state index contributed by atoms with van der Waals surface area (Å²) in [7, 11) is 0. The van der Waals surface area contributed by atoms with Gasteiger partial charge in [-0.15, -0.1) is 0 Å². The van der Waals surface area contributed by atoms with Crippen LogP contribution in [0.3, 0.4) is 0 Å². The lowest BCUT2D eigenvalue weighted by atomic mass is 9.46. The summed E-state index contributed by atoms with van der Waals surface area (Å²) in [6.07, 6.45) is 13.9. The van der Waals surface area contributed by atoms with Crippen LogP contribution < -0.4 is 0 Å². The average Bonchev–Trinajstić information content (AvgIpc) is 2.47. The van der Waals surface area contributed by atoms with Crippen molar-refractivity contribution in [1.29, 1.82) is 0 Å². The smallest absolute Gasteiger partial charge is 0.109 e. The molecule has 1 heterocycles. The lowest BCUT2D eigenvalue weighted by molar-refractivity contribution is -0.161. The molecular weight excluding hydrogens is 260 g/mol. The molecule has 2 heteroatoms. The maximum atomic E-state index is 10.1. The SMILES string of the molecule is C[C@]12CC[C@@H](O)C[C@@H]1CC[C@H]1[C@H]3CC=CO[C@]3(C)CC[C@@H]12. The maximum absolute atomic E-state index is 10.1. The van der Waals surface area contributed by atoms with Crippen molar-refractivity contribution in [3.63, 3.8) is 0 Å². The highest BCUT2D eigenvalue weighted by Crippen LogP contribution is 2.62. The van der Waals surface area contributed by atoms with Crippen LogP contribution in [-0.2, 0) is 4.74 Å². The predicted molar refractivity (Wildman–Crippen MR) is 83.6 cm³/mol. The van der Waals surface area contributed by atoms with Gasteiger partial charge in [0.15, 0.2) is 0 Å². The van der Waals surface area contributed by atoms with E-state index >= 15 is 0 Å². The standard InChI is InChI=1S/C19H30O2/c1-18-9-7-14(20)12-13(18)5-6-15-16(18)8-10-19(2)17(15)4-3-11-21-19/h3,11,13-17,20H,4-10,12H2,1-2H3/t13-,14+,15+,16-,17+,18-,19+/m0/s1. The second-order valence-electron chi connectivity index (χ2n) is 8.66. The molecule has 0 bridgehead atoms. The van der Waals surface area contributed by atoms with E-state index in [1.54, 1.807) is 0 Å². The van der Waals surface area contributed by atoms with Crippen molar-refractivity contribution in [2.24, 2.45) is 29.1 Å². The number of aliphatic hydroxyl groups excluding tert-OH is 1. The minimum Gasteiger partial charge on any atom is -0.495 e. The molecule has 4 aliphatic rings. The second-order valence-corrected chi connectivity index (χ2v) is 8.66. The highest BCUT2D eigenvalue weighted by Gasteiger charge is 2.57. The molecule has 4 rings (SSSR count). The molecule has 3 saturated carbocycles. The molecule has 1 aliphatic heterocycles. The summed E-state index contributed by atoms with van der Waals surface area (Å²) < 4.78 is 6.08. The number of rotatable bonds is 0. The fourth-order valence-corrected chi connectivity index (χ4v) is 6.50. The van der Waals surface area contributed by atoms with Crippen LogP contribution in [0, 0.1) is 29.1 Å². The number of allylic oxidation sites excluding steroid dienone is 1. The number of aliphatic hydroxyl groups is 1. The molecule has 3 aliphatic carbocycles. The molecule has 2 nitrogen and oxygen atoms in total. The van der Waals surface area contributed by atoms with Gasteiger partial charge in [-0.25, -0.2) is 0 Å². The van der Waals surface area contributed by atoms with Crippen LogP contribution in [0.2, 0.25) is 0 Å². The molecule has 0 spiro atoms. The zero-order valence-electron chi connectivity index (χ0n) is 13.6. The maximum Gasteiger partial charge on any atom is 0.109 e. The van der Waals surface area contributed by atoms with Gasteiger partial charge in [0, 0.05) is 5.92 Å². The number of hydrogen-bond donors (Lipinski definition) is 1. The van der Waals surface area contributed by atoms with E-state index in [1.165, 1.54) is 38.5 Å². The summed E-state index contributed by atoms with van der Waals surface area (Å²) in [5.41, 5.74) is 0.567. The normalized spacial score (nSPS) is 55.9. The van der Waals surface area contributed by atoms with E-state index in [1.807, 2.05) is 6.26 Å². The van der Waals surface area contributed by atoms with Gasteiger partial charge >= 0.3 is 0 Å². The van der Waals surface area contributed by atoms with E-state index in [4.69, 9.17) is 4.74 Å². The largest absolute Gasteiger partial charge is 0.495 e. The van der Waals surface area contributed by atoms with Gasteiger partial charge in [0.1, 0.15) is 5.60 Å². The van der Waals surface area contributed by atoms with Gasteiger partial charge in [-0.2, -0.15) is 0 Å². The predicted octanol–water partition coefficient (Wildman–Crippen LogP) is 4.28. The summed E-state index contributed by atoms with van der Waals surface area (Å²) in [6.45, 7) is 4.89. The molecule has 0 amide bonds. The Labute approximate surface area is 129 Å². The Kier molecular flexibility index (Phi) is 3.19. The Bertz CT molecular complexity index is 445. The second kappa shape index (κ2) is 4.75. The first-order chi connectivity index (χ1) is 10.0. The molecule has 118 valence electrons. The topological polar surface area (TPSA) is 29.5 Å². The molecule has 21 heavy (non-hydrogen) atoms. The zero-order valence-corrected chi connectivity index (χ0v) is 13.6. The van der Waals surface area contributed by atoms with Crippen molar-refractivity contribution >= 4 is 0 Å². The molecule has 1 N–H and O–H groups in total. The van der Waals surface area contributed by atoms with Crippen LogP contribution in [0.25, 0.3) is 0 Å². The molecule has 0 unspecified atom stereocenters. The van der Waals surface area contributed by atoms with Crippen LogP contribution in [-0.4, -0.2) is 16.8 Å². The van der Waals surface area contributed by atoms with E-state index in [2.05, 4.69) is 19.9 Å². The first-order valence-corrected chi connectivity index (χ1v) is 9.04. The fraction of sp³-hybridized carbons (Fsp3) is 0.895. The van der Waals surface area contributed by atoms with Crippen molar-refractivity contribution in [3.8, 4) is 0 Å². The van der Waals surface area contributed by atoms with Gasteiger partial charge in [-0.1, -0.05) is 6.92 Å². The molecule has 0 saturated heterocycles. The van der Waals surface area contributed by atoms with Crippen LogP contribution in [0.15, 0.2) is 12.3 Å². The Morgan fingerprint density at radius 3 is 2.76 bits per heavy atom. The third-order valence-corrected chi connectivity index (χ3v) is 7.79. The van der Waals surface area contributed by atoms with E-state index in [0.717, 1.165) is 30.6 Å². The van der Waals surface area contributed by atoms with Gasteiger partial charge in [-0.05, 0) is 87.5 Å². The van der Waals surface area contributed by atoms with Crippen LogP contribution in [0.1, 0.15) is 65.2 Å². The molecule has 3 fully saturated rings. The fourth-order valence-electron chi connectivity index (χ4n) is 6.50. The van der Waals surface area contributed by atoms with Gasteiger partial charge in [0.05, 0.1) is 12.4 Å². The quantitative estimate of drug-likeness (QED) is 0.721. The summed E-state index contributed by atoms with van der Waals surface area (Å²) in [4.78, 5) is 0. The van der Waals surface area contributed by atoms with E-state index in [-0.39, 0.29) is 11.7 Å². The summed E-state index contributed by atoms with van der Waals surface area (Å²) in [5.74, 6) is 3.17. The van der Waals surface area contributed by atoms with Crippen molar-refractivity contribution in [3.05, 3.63) is 12.3 Å². The third-order valence-electron chi connectivity index (χ3n) is 7.79. The molecule has 0 radical (unpaired) electrons. The average molecular weight is 290 g/mol. The Balaban J connectivity index is 1.63. The van der Waals surface area contributed by atoms with Gasteiger partial charge in [0.2, 0.25) is 0 Å². The van der Waals surface area contributed by atoms with E-state index in [9.17, 15) is 5.11 Å². The number of hydrogen-bond acceptors (Lipinski definition) is 2. The van der Waals surface area contributed by atoms with Crippen molar-refractivity contribution < 1.29 is 9.84 Å². The van der Waals surface area contributed by atoms with Crippen molar-refractivity contribution in [2.45, 2.75) is 76.9 Å². The number of fused-ring (bicyclic) bond motifs is 5. The Morgan fingerprint density at radius 2 is 1.90 bits per heavy atom. The molecular formula is C19H30O2. The lowest BCUT2D eigenvalue weighted by Gasteiger charge is -2.61. The van der Waals surface area contributed by atoms with Gasteiger partial charge < -0.3 is 9.84 Å². The highest BCUT2D eigenvalue weighted by atomic mass is 16.5. The molecule has 0 aromatic carbocycles. The monoisotopic (exact) mass is 290 g/mol. The van der Waals surface area contributed by atoms with Crippen molar-refractivity contribution in [1.82, 2.24) is 0 Å². The zero-order chi connectivity index (χ0) is 14.7. The third kappa shape index (κ3) is 2.01. The first kappa shape index (κ1) is 14.1. The van der Waals surface area contributed by atoms with E-state index in [0.29, 0.717) is 11.3 Å². The first-order valence-electron chi connectivity index (χ1n) is 9.04. The van der Waals surface area contributed by atoms with Gasteiger partial charge in [0.25, 0.3) is 0 Å². The molecule has 0 aromatic heterocycles. The van der Waals surface area contributed by atoms with Crippen LogP contribution in [0.5, 0.6) is 0 Å². The van der Waals surface area contributed by atoms with Crippen molar-refractivity contribution in [2.75, 3.05) is 0 Å².